The Labute approximate surface area is 218 Å². The Morgan fingerprint density at radius 2 is 0.946 bits per heavy atom. The normalized spacial score (nSPS) is 9.73. The van der Waals surface area contributed by atoms with Gasteiger partial charge in [0.25, 0.3) is 0 Å². The van der Waals surface area contributed by atoms with Crippen LogP contribution in [0.2, 0.25) is 0 Å². The van der Waals surface area contributed by atoms with E-state index in [0.29, 0.717) is 16.7 Å². The van der Waals surface area contributed by atoms with Crippen molar-refractivity contribution in [1.82, 2.24) is 0 Å². The molecule has 0 saturated carbocycles. The fourth-order valence-corrected chi connectivity index (χ4v) is 2.87. The fourth-order valence-electron chi connectivity index (χ4n) is 2.87. The maximum Gasteiger partial charge on any atom is 0.337 e. The maximum absolute atomic E-state index is 11.8. The average Bonchev–Trinajstić information content (AvgIpc) is 2.95. The summed E-state index contributed by atoms with van der Waals surface area (Å²) in [6, 6.07) is 36.0. The molecular formula is C32H32O5. The molecular weight excluding hydrogens is 464 g/mol. The lowest BCUT2D eigenvalue weighted by Gasteiger charge is -1.99. The number of methoxy groups -OCH3 is 1. The summed E-state index contributed by atoms with van der Waals surface area (Å²) in [6.45, 7) is 1.56. The third-order valence-corrected chi connectivity index (χ3v) is 4.77. The maximum atomic E-state index is 11.8. The summed E-state index contributed by atoms with van der Waals surface area (Å²) in [5.74, 6) is -0.386. The molecule has 1 N–H and O–H groups in total. The first-order valence-corrected chi connectivity index (χ1v) is 11.2. The lowest BCUT2D eigenvalue weighted by molar-refractivity contribution is 0.0600. The molecule has 0 atom stereocenters. The van der Waals surface area contributed by atoms with Crippen LogP contribution in [-0.2, 0) is 4.74 Å². The van der Waals surface area contributed by atoms with E-state index >= 15 is 0 Å². The first-order chi connectivity index (χ1) is 17.4. The number of hydrogen-bond donors (Lipinski definition) is 1. The van der Waals surface area contributed by atoms with Crippen molar-refractivity contribution in [3.63, 3.8) is 0 Å². The van der Waals surface area contributed by atoms with Crippen molar-refractivity contribution in [2.24, 2.45) is 0 Å². The van der Waals surface area contributed by atoms with Gasteiger partial charge in [0.2, 0.25) is 0 Å². The number of hydrogen-bond acceptors (Lipinski definition) is 5. The Hall–Kier alpha value is -4.77. The Morgan fingerprint density at radius 3 is 1.30 bits per heavy atom. The van der Waals surface area contributed by atoms with Gasteiger partial charge in [0.1, 0.15) is 5.76 Å². The Bertz CT molecular complexity index is 1250. The Balaban J connectivity index is 0.000000294. The van der Waals surface area contributed by atoms with Crippen molar-refractivity contribution in [2.75, 3.05) is 7.11 Å². The van der Waals surface area contributed by atoms with Crippen LogP contribution in [0.3, 0.4) is 0 Å². The van der Waals surface area contributed by atoms with E-state index < -0.39 is 0 Å². The number of carbonyl (C=O) groups excluding carboxylic acids is 3. The molecule has 4 aromatic carbocycles. The standard InChI is InChI=1S/C15H12O2.C8H8O2.C8H8O.CH4/c16-14(12-7-3-1-4-8-12)11-15(17)13-9-5-2-6-10-13;1-10-8(9)7-5-3-2-4-6-7;1-7(9)8-5-3-2-4-6-8;/h1-11,16H;2-6H,1H3;2-6H,1H3;1H4/b14-11-;;;. The highest BCUT2D eigenvalue weighted by Gasteiger charge is 2.05. The molecule has 0 aromatic heterocycles. The van der Waals surface area contributed by atoms with Crippen LogP contribution in [0.5, 0.6) is 0 Å². The SMILES string of the molecule is C.CC(=O)c1ccccc1.COC(=O)c1ccccc1.O=C(/C=C(\O)c1ccccc1)c1ccccc1. The lowest BCUT2D eigenvalue weighted by atomic mass is 10.1. The quantitative estimate of drug-likeness (QED) is 0.134. The van der Waals surface area contributed by atoms with E-state index in [1.807, 2.05) is 60.7 Å². The minimum absolute atomic E-state index is 0. The van der Waals surface area contributed by atoms with Crippen LogP contribution in [0, 0.1) is 0 Å². The summed E-state index contributed by atoms with van der Waals surface area (Å²) in [5, 5.41) is 9.79. The zero-order valence-electron chi connectivity index (χ0n) is 20.2. The van der Waals surface area contributed by atoms with E-state index in [4.69, 9.17) is 0 Å². The van der Waals surface area contributed by atoms with Gasteiger partial charge in [-0.15, -0.1) is 0 Å². The molecule has 0 radical (unpaired) electrons. The summed E-state index contributed by atoms with van der Waals surface area (Å²) in [5.41, 5.74) is 2.56. The predicted molar refractivity (Wildman–Crippen MR) is 149 cm³/mol. The molecule has 0 heterocycles. The van der Waals surface area contributed by atoms with Crippen LogP contribution >= 0.6 is 0 Å². The molecule has 5 heteroatoms. The number of ketones is 2. The van der Waals surface area contributed by atoms with Gasteiger partial charge in [0.05, 0.1) is 12.7 Å². The summed E-state index contributed by atoms with van der Waals surface area (Å²) in [7, 11) is 1.37. The van der Waals surface area contributed by atoms with Gasteiger partial charge in [-0.1, -0.05) is 117 Å². The number of aliphatic hydroxyl groups excluding tert-OH is 1. The van der Waals surface area contributed by atoms with Gasteiger partial charge in [0, 0.05) is 22.8 Å². The molecule has 190 valence electrons. The summed E-state index contributed by atoms with van der Waals surface area (Å²) in [6.07, 6.45) is 1.24. The fraction of sp³-hybridized carbons (Fsp3) is 0.0938. The van der Waals surface area contributed by atoms with Gasteiger partial charge < -0.3 is 9.84 Å². The van der Waals surface area contributed by atoms with E-state index in [0.717, 1.165) is 5.56 Å². The van der Waals surface area contributed by atoms with Crippen LogP contribution in [0.4, 0.5) is 0 Å². The first-order valence-electron chi connectivity index (χ1n) is 11.2. The number of esters is 1. The second kappa shape index (κ2) is 16.8. The minimum Gasteiger partial charge on any atom is -0.507 e. The molecule has 0 aliphatic rings. The monoisotopic (exact) mass is 496 g/mol. The van der Waals surface area contributed by atoms with E-state index in [-0.39, 0.29) is 30.7 Å². The summed E-state index contributed by atoms with van der Waals surface area (Å²) in [4.78, 5) is 33.2. The van der Waals surface area contributed by atoms with Gasteiger partial charge in [-0.3, -0.25) is 9.59 Å². The van der Waals surface area contributed by atoms with E-state index in [1.54, 1.807) is 67.6 Å². The van der Waals surface area contributed by atoms with Crippen LogP contribution in [0.25, 0.3) is 5.76 Å². The highest BCUT2D eigenvalue weighted by Crippen LogP contribution is 2.12. The molecule has 5 nitrogen and oxygen atoms in total. The number of rotatable bonds is 5. The van der Waals surface area contributed by atoms with Crippen LogP contribution in [0.15, 0.2) is 127 Å². The Morgan fingerprint density at radius 1 is 0.595 bits per heavy atom. The van der Waals surface area contributed by atoms with Crippen LogP contribution < -0.4 is 0 Å². The molecule has 37 heavy (non-hydrogen) atoms. The van der Waals surface area contributed by atoms with E-state index in [9.17, 15) is 19.5 Å². The average molecular weight is 497 g/mol. The molecule has 0 spiro atoms. The molecule has 0 unspecified atom stereocenters. The summed E-state index contributed by atoms with van der Waals surface area (Å²) >= 11 is 0. The van der Waals surface area contributed by atoms with Crippen LogP contribution in [0.1, 0.15) is 51.0 Å². The van der Waals surface area contributed by atoms with Gasteiger partial charge in [-0.25, -0.2) is 4.79 Å². The van der Waals surface area contributed by atoms with Gasteiger partial charge in [0.15, 0.2) is 11.6 Å². The van der Waals surface area contributed by atoms with Gasteiger partial charge in [-0.05, 0) is 19.1 Å². The summed E-state index contributed by atoms with van der Waals surface area (Å²) < 4.78 is 4.50. The third-order valence-electron chi connectivity index (χ3n) is 4.77. The molecule has 4 rings (SSSR count). The lowest BCUT2D eigenvalue weighted by Crippen LogP contribution is -1.99. The molecule has 0 bridgehead atoms. The topological polar surface area (TPSA) is 80.7 Å². The third kappa shape index (κ3) is 11.0. The number of benzene rings is 4. The number of Topliss-reactive ketones (excluding diaryl/α,β-unsaturated/α-hetero) is 1. The van der Waals surface area contributed by atoms with Gasteiger partial charge in [-0.2, -0.15) is 0 Å². The number of ether oxygens (including phenoxy) is 1. The number of carbonyl (C=O) groups is 3. The number of aliphatic hydroxyl groups is 1. The van der Waals surface area contributed by atoms with Crippen LogP contribution in [-0.4, -0.2) is 29.8 Å². The zero-order valence-corrected chi connectivity index (χ0v) is 20.2. The second-order valence-electron chi connectivity index (χ2n) is 7.41. The van der Waals surface area contributed by atoms with E-state index in [2.05, 4.69) is 4.74 Å². The molecule has 0 aliphatic heterocycles. The highest BCUT2D eigenvalue weighted by molar-refractivity contribution is 6.07. The molecule has 0 amide bonds. The molecule has 0 aliphatic carbocycles. The predicted octanol–water partition coefficient (Wildman–Crippen LogP) is 7.47. The second-order valence-corrected chi connectivity index (χ2v) is 7.41. The highest BCUT2D eigenvalue weighted by atomic mass is 16.5. The van der Waals surface area contributed by atoms with Crippen molar-refractivity contribution in [3.8, 4) is 0 Å². The molecule has 0 fully saturated rings. The number of allylic oxidation sites excluding steroid dienone is 1. The minimum atomic E-state index is -0.291. The van der Waals surface area contributed by atoms with Crippen molar-refractivity contribution < 1.29 is 24.2 Å². The largest absolute Gasteiger partial charge is 0.507 e. The van der Waals surface area contributed by atoms with Crippen molar-refractivity contribution >= 4 is 23.3 Å². The van der Waals surface area contributed by atoms with Gasteiger partial charge >= 0.3 is 5.97 Å². The van der Waals surface area contributed by atoms with E-state index in [1.165, 1.54) is 13.2 Å². The first kappa shape index (κ1) is 30.3. The Kier molecular flexibility index (Phi) is 13.7. The van der Waals surface area contributed by atoms with Crippen molar-refractivity contribution in [3.05, 3.63) is 150 Å². The molecule has 4 aromatic rings. The van der Waals surface area contributed by atoms with Crippen molar-refractivity contribution in [1.29, 1.82) is 0 Å². The van der Waals surface area contributed by atoms with Crippen molar-refractivity contribution in [2.45, 2.75) is 14.4 Å². The molecule has 0 saturated heterocycles. The smallest absolute Gasteiger partial charge is 0.337 e. The zero-order chi connectivity index (χ0) is 26.2.